The zero-order valence-electron chi connectivity index (χ0n) is 5.07. The summed E-state index contributed by atoms with van der Waals surface area (Å²) < 4.78 is 1.96. The third-order valence-corrected chi connectivity index (χ3v) is 3.66. The van der Waals surface area contributed by atoms with Gasteiger partial charge < -0.3 is 0 Å². The summed E-state index contributed by atoms with van der Waals surface area (Å²) in [6.07, 6.45) is 0. The van der Waals surface area contributed by atoms with Crippen LogP contribution in [0.4, 0.5) is 0 Å². The third kappa shape index (κ3) is 2.93. The van der Waals surface area contributed by atoms with Crippen LogP contribution < -0.4 is 0 Å². The molecule has 0 nitrogen and oxygen atoms in total. The van der Waals surface area contributed by atoms with Crippen molar-refractivity contribution in [2.45, 2.75) is 0 Å². The molecule has 0 bridgehead atoms. The van der Waals surface area contributed by atoms with E-state index >= 15 is 0 Å². The molecule has 0 aliphatic carbocycles. The van der Waals surface area contributed by atoms with E-state index < -0.39 is 13.8 Å². The Bertz CT molecular complexity index is 227. The van der Waals surface area contributed by atoms with E-state index in [1.807, 2.05) is 34.9 Å². The van der Waals surface area contributed by atoms with E-state index in [2.05, 4.69) is 0 Å². The molecule has 1 aromatic carbocycles. The van der Waals surface area contributed by atoms with Crippen molar-refractivity contribution in [3.05, 3.63) is 35.9 Å². The minimum atomic E-state index is -1.89. The quantitative estimate of drug-likeness (QED) is 0.730. The zero-order chi connectivity index (χ0) is 7.40. The summed E-state index contributed by atoms with van der Waals surface area (Å²) in [5, 5.41) is 0. The van der Waals surface area contributed by atoms with Crippen molar-refractivity contribution in [1.29, 1.82) is 0 Å². The molecule has 0 N–H and O–H groups in total. The molecule has 10 heavy (non-hydrogen) atoms. The van der Waals surface area contributed by atoms with Crippen LogP contribution in [0.1, 0.15) is 5.56 Å². The maximum absolute atomic E-state index is 5.70. The van der Waals surface area contributed by atoms with Crippen molar-refractivity contribution < 1.29 is 13.8 Å². The first-order valence-corrected chi connectivity index (χ1v) is 10.4. The van der Waals surface area contributed by atoms with Gasteiger partial charge in [0.1, 0.15) is 0 Å². The fraction of sp³-hybridized carbons (Fsp3) is 0. The van der Waals surface area contributed by atoms with Crippen molar-refractivity contribution >= 4 is 23.8 Å². The Balaban J connectivity index is 2.87. The van der Waals surface area contributed by atoms with Crippen molar-refractivity contribution in [2.75, 3.05) is 0 Å². The predicted octanol–water partition coefficient (Wildman–Crippen LogP) is 2.76. The summed E-state index contributed by atoms with van der Waals surface area (Å²) in [7, 11) is 11.4. The molecule has 0 radical (unpaired) electrons. The van der Waals surface area contributed by atoms with Gasteiger partial charge in [-0.2, -0.15) is 0 Å². The Morgan fingerprint density at radius 1 is 1.10 bits per heavy atom. The summed E-state index contributed by atoms with van der Waals surface area (Å²) in [5.41, 5.74) is 1.13. The molecule has 0 aliphatic heterocycles. The van der Waals surface area contributed by atoms with Crippen LogP contribution in [0.3, 0.4) is 0 Å². The van der Waals surface area contributed by atoms with Crippen molar-refractivity contribution in [1.82, 2.24) is 0 Å². The molecular weight excluding hydrogens is 345 g/mol. The predicted molar refractivity (Wildman–Crippen MR) is 43.3 cm³/mol. The molecule has 1 rings (SSSR count). The van der Waals surface area contributed by atoms with E-state index in [4.69, 9.17) is 19.3 Å². The van der Waals surface area contributed by atoms with Crippen LogP contribution in [0.5, 0.6) is 0 Å². The molecule has 0 unspecified atom stereocenters. The van der Waals surface area contributed by atoms with Crippen LogP contribution in [0.2, 0.25) is 0 Å². The van der Waals surface area contributed by atoms with Gasteiger partial charge in [0.15, 0.2) is 0 Å². The number of hydrogen-bond acceptors (Lipinski definition) is 0. The molecule has 0 atom stereocenters. The Hall–Kier alpha value is 0.306. The molecule has 0 saturated heterocycles. The molecule has 0 saturated carbocycles. The molecule has 0 amide bonds. The van der Waals surface area contributed by atoms with Gasteiger partial charge in [0.25, 0.3) is 0 Å². The Kier molecular flexibility index (Phi) is 3.56. The first-order chi connectivity index (χ1) is 4.79. The number of halogens is 2. The molecule has 56 valence electrons. The summed E-state index contributed by atoms with van der Waals surface area (Å²) in [5.74, 6) is 0. The van der Waals surface area contributed by atoms with Crippen LogP contribution >= 0.6 is 19.3 Å². The Morgan fingerprint density at radius 3 is 2.20 bits per heavy atom. The second kappa shape index (κ2) is 4.24. The Labute approximate surface area is 73.4 Å². The molecule has 0 heterocycles. The van der Waals surface area contributed by atoms with Crippen LogP contribution in [0.25, 0.3) is 0 Å². The Morgan fingerprint density at radius 2 is 1.70 bits per heavy atom. The van der Waals surface area contributed by atoms with Crippen molar-refractivity contribution in [3.8, 4) is 0 Å². The van der Waals surface area contributed by atoms with Crippen LogP contribution in [-0.4, -0.2) is 4.57 Å². The second-order valence-corrected chi connectivity index (χ2v) is 9.76. The molecule has 1 aromatic rings. The topological polar surface area (TPSA) is 0 Å². The van der Waals surface area contributed by atoms with Crippen LogP contribution in [0.15, 0.2) is 30.3 Å². The summed E-state index contributed by atoms with van der Waals surface area (Å²) in [6.45, 7) is 0. The van der Waals surface area contributed by atoms with Gasteiger partial charge in [-0.3, -0.25) is 0 Å². The van der Waals surface area contributed by atoms with Crippen LogP contribution in [-0.2, 0) is 13.8 Å². The van der Waals surface area contributed by atoms with Gasteiger partial charge in [-0.05, 0) is 0 Å². The van der Waals surface area contributed by atoms with E-state index in [1.54, 1.807) is 0 Å². The molecule has 0 aromatic heterocycles. The first kappa shape index (κ1) is 8.40. The normalized spacial score (nSPS) is 10.8. The zero-order valence-corrected chi connectivity index (χ0v) is 9.13. The maximum atomic E-state index is 5.70. The van der Waals surface area contributed by atoms with Gasteiger partial charge in [-0.25, -0.2) is 0 Å². The number of rotatable bonds is 1. The average molecular weight is 351 g/mol. The average Bonchev–Trinajstić information content (AvgIpc) is 1.88. The monoisotopic (exact) mass is 352 g/mol. The summed E-state index contributed by atoms with van der Waals surface area (Å²) in [4.78, 5) is 0. The molecule has 3 heteroatoms. The second-order valence-electron chi connectivity index (χ2n) is 1.72. The van der Waals surface area contributed by atoms with Crippen molar-refractivity contribution in [3.63, 3.8) is 0 Å². The van der Waals surface area contributed by atoms with E-state index in [-0.39, 0.29) is 0 Å². The van der Waals surface area contributed by atoms with E-state index in [0.29, 0.717) is 0 Å². The SMILES string of the molecule is [Cl][Os]([Cl])=[CH]c1ccccc1. The fourth-order valence-electron chi connectivity index (χ4n) is 0.610. The number of hydrogen-bond donors (Lipinski definition) is 0. The standard InChI is InChI=1S/C7H6.2ClH.Os/c1-7-5-3-2-4-6-7;;;/h1-6H;2*1H;/q;;;+2/p-2. The fourth-order valence-corrected chi connectivity index (χ4v) is 3.20. The first-order valence-electron chi connectivity index (χ1n) is 2.67. The third-order valence-electron chi connectivity index (χ3n) is 0.995. The molecular formula is C7H6Cl2Os. The summed E-state index contributed by atoms with van der Waals surface area (Å²) >= 11 is -1.89. The van der Waals surface area contributed by atoms with E-state index in [9.17, 15) is 0 Å². The van der Waals surface area contributed by atoms with Gasteiger partial charge in [-0.1, -0.05) is 0 Å². The van der Waals surface area contributed by atoms with Crippen molar-refractivity contribution in [2.24, 2.45) is 0 Å². The molecule has 0 aliphatic rings. The van der Waals surface area contributed by atoms with Crippen LogP contribution in [0, 0.1) is 0 Å². The molecule has 0 fully saturated rings. The van der Waals surface area contributed by atoms with Gasteiger partial charge in [0, 0.05) is 0 Å². The van der Waals surface area contributed by atoms with Gasteiger partial charge in [0.05, 0.1) is 0 Å². The van der Waals surface area contributed by atoms with Gasteiger partial charge in [-0.15, -0.1) is 0 Å². The summed E-state index contributed by atoms with van der Waals surface area (Å²) in [6, 6.07) is 9.92. The number of benzene rings is 1. The molecule has 0 spiro atoms. The van der Waals surface area contributed by atoms with Gasteiger partial charge >= 0.3 is 73.5 Å². The minimum absolute atomic E-state index is 1.13. The van der Waals surface area contributed by atoms with E-state index in [1.165, 1.54) is 0 Å². The van der Waals surface area contributed by atoms with Gasteiger partial charge in [0.2, 0.25) is 0 Å². The van der Waals surface area contributed by atoms with E-state index in [0.717, 1.165) is 5.56 Å².